The van der Waals surface area contributed by atoms with Crippen LogP contribution in [0.15, 0.2) is 42.5 Å². The lowest BCUT2D eigenvalue weighted by Gasteiger charge is -2.20. The maximum atomic E-state index is 5.90. The average Bonchev–Trinajstić information content (AvgIpc) is 2.88. The number of aromatic nitrogens is 2. The highest BCUT2D eigenvalue weighted by Gasteiger charge is 2.20. The molecule has 1 aliphatic rings. The van der Waals surface area contributed by atoms with Crippen LogP contribution in [0.5, 0.6) is 5.75 Å². The molecule has 0 unspecified atom stereocenters. The van der Waals surface area contributed by atoms with Crippen molar-refractivity contribution in [3.05, 3.63) is 59.3 Å². The number of rotatable bonds is 0. The van der Waals surface area contributed by atoms with E-state index in [4.69, 9.17) is 9.72 Å². The van der Waals surface area contributed by atoms with Crippen LogP contribution in [0.1, 0.15) is 16.8 Å². The highest BCUT2D eigenvalue weighted by Crippen LogP contribution is 2.39. The highest BCUT2D eigenvalue weighted by atomic mass is 16.5. The van der Waals surface area contributed by atoms with Crippen molar-refractivity contribution in [2.24, 2.45) is 0 Å². The summed E-state index contributed by atoms with van der Waals surface area (Å²) in [7, 11) is 0. The molecule has 23 heavy (non-hydrogen) atoms. The van der Waals surface area contributed by atoms with Gasteiger partial charge >= 0.3 is 0 Å². The van der Waals surface area contributed by atoms with Crippen LogP contribution in [-0.4, -0.2) is 9.97 Å². The number of hydrogen-bond donors (Lipinski definition) is 1. The molecule has 0 bridgehead atoms. The topological polar surface area (TPSA) is 37.9 Å². The normalized spacial score (nSPS) is 13.0. The van der Waals surface area contributed by atoms with Crippen LogP contribution in [0, 0.1) is 13.8 Å². The first-order chi connectivity index (χ1) is 11.2. The van der Waals surface area contributed by atoms with Crippen LogP contribution in [0.2, 0.25) is 0 Å². The van der Waals surface area contributed by atoms with Crippen molar-refractivity contribution in [1.82, 2.24) is 9.97 Å². The second-order valence-corrected chi connectivity index (χ2v) is 6.21. The third kappa shape index (κ3) is 1.67. The van der Waals surface area contributed by atoms with E-state index < -0.39 is 0 Å². The van der Waals surface area contributed by atoms with Crippen LogP contribution in [0.25, 0.3) is 33.1 Å². The lowest BCUT2D eigenvalue weighted by molar-refractivity contribution is 0.302. The van der Waals surface area contributed by atoms with Gasteiger partial charge in [-0.1, -0.05) is 12.1 Å². The summed E-state index contributed by atoms with van der Waals surface area (Å²) in [5, 5.41) is 2.47. The van der Waals surface area contributed by atoms with Crippen LogP contribution in [0.3, 0.4) is 0 Å². The monoisotopic (exact) mass is 300 g/mol. The van der Waals surface area contributed by atoms with Crippen LogP contribution < -0.4 is 4.74 Å². The molecular weight excluding hydrogens is 284 g/mol. The summed E-state index contributed by atoms with van der Waals surface area (Å²) < 4.78 is 5.90. The number of aromatic amines is 1. The smallest absolute Gasteiger partial charge is 0.129 e. The second kappa shape index (κ2) is 4.35. The van der Waals surface area contributed by atoms with Gasteiger partial charge in [-0.2, -0.15) is 0 Å². The number of H-pyrrole nitrogens is 1. The number of nitrogens with one attached hydrogen (secondary N) is 1. The molecule has 0 atom stereocenters. The van der Waals surface area contributed by atoms with Crippen molar-refractivity contribution >= 4 is 21.8 Å². The maximum absolute atomic E-state index is 5.90. The summed E-state index contributed by atoms with van der Waals surface area (Å²) in [6.45, 7) is 4.86. The van der Waals surface area contributed by atoms with Gasteiger partial charge in [-0.3, -0.25) is 0 Å². The number of para-hydroxylation sites is 1. The van der Waals surface area contributed by atoms with E-state index in [0.717, 1.165) is 28.1 Å². The minimum atomic E-state index is 0.578. The minimum absolute atomic E-state index is 0.578. The number of aryl methyl sites for hydroxylation is 2. The molecular formula is C20H16N2O. The lowest BCUT2D eigenvalue weighted by Crippen LogP contribution is -2.07. The van der Waals surface area contributed by atoms with Gasteiger partial charge in [0.25, 0.3) is 0 Å². The van der Waals surface area contributed by atoms with E-state index in [-0.39, 0.29) is 0 Å². The molecule has 3 nitrogen and oxygen atoms in total. The summed E-state index contributed by atoms with van der Waals surface area (Å²) in [5.74, 6) is 0.918. The Morgan fingerprint density at radius 3 is 2.87 bits per heavy atom. The molecule has 2 aromatic carbocycles. The molecule has 1 N–H and O–H groups in total. The lowest BCUT2D eigenvalue weighted by atomic mass is 9.98. The fourth-order valence-electron chi connectivity index (χ4n) is 3.57. The first-order valence-electron chi connectivity index (χ1n) is 7.86. The number of hydrogen-bond acceptors (Lipinski definition) is 2. The fraction of sp³-hybridized carbons (Fsp3) is 0.150. The predicted octanol–water partition coefficient (Wildman–Crippen LogP) is 4.89. The zero-order chi connectivity index (χ0) is 15.6. The largest absolute Gasteiger partial charge is 0.488 e. The van der Waals surface area contributed by atoms with Crippen molar-refractivity contribution < 1.29 is 4.74 Å². The average molecular weight is 300 g/mol. The van der Waals surface area contributed by atoms with E-state index in [0.29, 0.717) is 6.61 Å². The summed E-state index contributed by atoms with van der Waals surface area (Å²) >= 11 is 0. The summed E-state index contributed by atoms with van der Waals surface area (Å²) in [6.07, 6.45) is 0. The molecule has 0 amide bonds. The molecule has 4 aromatic rings. The van der Waals surface area contributed by atoms with Gasteiger partial charge in [0.15, 0.2) is 0 Å². The molecule has 0 radical (unpaired) electrons. The van der Waals surface area contributed by atoms with Gasteiger partial charge in [-0.15, -0.1) is 0 Å². The maximum Gasteiger partial charge on any atom is 0.129 e. The predicted molar refractivity (Wildman–Crippen MR) is 92.8 cm³/mol. The molecule has 1 aliphatic heterocycles. The van der Waals surface area contributed by atoms with Crippen LogP contribution in [-0.2, 0) is 6.61 Å². The van der Waals surface area contributed by atoms with E-state index >= 15 is 0 Å². The molecule has 3 heteroatoms. The molecule has 0 aliphatic carbocycles. The third-order valence-corrected chi connectivity index (χ3v) is 4.86. The van der Waals surface area contributed by atoms with E-state index in [1.165, 1.54) is 27.5 Å². The molecule has 112 valence electrons. The van der Waals surface area contributed by atoms with Gasteiger partial charge in [-0.25, -0.2) is 4.98 Å². The van der Waals surface area contributed by atoms with Crippen molar-refractivity contribution in [2.75, 3.05) is 0 Å². The number of fused-ring (bicyclic) bond motifs is 6. The standard InChI is InChI=1S/C20H16N2O/c1-11-12(2)21-17-8-7-16-15(19(11)17)9-13-10-23-18-6-4-3-5-14(18)20(13)22-16/h3-9,21H,10H2,1-2H3. The Balaban J connectivity index is 1.89. The van der Waals surface area contributed by atoms with Gasteiger partial charge in [0, 0.05) is 33.1 Å². The van der Waals surface area contributed by atoms with Gasteiger partial charge < -0.3 is 9.72 Å². The Kier molecular flexibility index (Phi) is 2.41. The van der Waals surface area contributed by atoms with Crippen LogP contribution >= 0.6 is 0 Å². The zero-order valence-electron chi connectivity index (χ0n) is 13.1. The van der Waals surface area contributed by atoms with E-state index in [1.54, 1.807) is 0 Å². The van der Waals surface area contributed by atoms with Gasteiger partial charge in [0.2, 0.25) is 0 Å². The second-order valence-electron chi connectivity index (χ2n) is 6.21. The Morgan fingerprint density at radius 2 is 1.96 bits per heavy atom. The first-order valence-corrected chi connectivity index (χ1v) is 7.86. The first kappa shape index (κ1) is 12.7. The quantitative estimate of drug-likeness (QED) is 0.502. The number of benzene rings is 2. The number of pyridine rings is 1. The Hall–Kier alpha value is -2.81. The highest BCUT2D eigenvalue weighted by molar-refractivity contribution is 6.08. The Labute approximate surface area is 133 Å². The van der Waals surface area contributed by atoms with Crippen molar-refractivity contribution in [1.29, 1.82) is 0 Å². The number of nitrogens with zero attached hydrogens (tertiary/aromatic N) is 1. The molecule has 0 spiro atoms. The third-order valence-electron chi connectivity index (χ3n) is 4.86. The molecule has 0 saturated carbocycles. The SMILES string of the molecule is Cc1[nH]c2ccc3nc4c(cc3c2c1C)COc1ccccc1-4. The summed E-state index contributed by atoms with van der Waals surface area (Å²) in [4.78, 5) is 8.42. The van der Waals surface area contributed by atoms with E-state index in [1.807, 2.05) is 18.2 Å². The summed E-state index contributed by atoms with van der Waals surface area (Å²) in [6, 6.07) is 14.6. The van der Waals surface area contributed by atoms with Crippen LogP contribution in [0.4, 0.5) is 0 Å². The molecule has 0 saturated heterocycles. The molecule has 3 heterocycles. The summed E-state index contributed by atoms with van der Waals surface area (Å²) in [5.41, 5.74) is 8.00. The van der Waals surface area contributed by atoms with Crippen molar-refractivity contribution in [3.63, 3.8) is 0 Å². The van der Waals surface area contributed by atoms with Crippen molar-refractivity contribution in [2.45, 2.75) is 20.5 Å². The molecule has 2 aromatic heterocycles. The Bertz CT molecular complexity index is 1090. The van der Waals surface area contributed by atoms with Gasteiger partial charge in [0.1, 0.15) is 12.4 Å². The van der Waals surface area contributed by atoms with Crippen molar-refractivity contribution in [3.8, 4) is 17.0 Å². The molecule has 0 fully saturated rings. The van der Waals surface area contributed by atoms with Gasteiger partial charge in [-0.05, 0) is 49.7 Å². The van der Waals surface area contributed by atoms with E-state index in [9.17, 15) is 0 Å². The number of ether oxygens (including phenoxy) is 1. The molecule has 5 rings (SSSR count). The van der Waals surface area contributed by atoms with Gasteiger partial charge in [0.05, 0.1) is 11.2 Å². The Morgan fingerprint density at radius 1 is 1.09 bits per heavy atom. The fourth-order valence-corrected chi connectivity index (χ4v) is 3.57. The minimum Gasteiger partial charge on any atom is -0.488 e. The zero-order valence-corrected chi connectivity index (χ0v) is 13.1. The van der Waals surface area contributed by atoms with E-state index in [2.05, 4.69) is 43.1 Å².